The number of nitrogens with one attached hydrogen (secondary N) is 1. The van der Waals surface area contributed by atoms with Gasteiger partial charge in [0.05, 0.1) is 5.69 Å². The van der Waals surface area contributed by atoms with Crippen LogP contribution in [0.5, 0.6) is 0 Å². The van der Waals surface area contributed by atoms with Crippen molar-refractivity contribution >= 4 is 21.6 Å². The van der Waals surface area contributed by atoms with Crippen molar-refractivity contribution in [3.8, 4) is 0 Å². The summed E-state index contributed by atoms with van der Waals surface area (Å²) in [5, 5.41) is 0. The summed E-state index contributed by atoms with van der Waals surface area (Å²) >= 11 is 0. The second-order valence-electron chi connectivity index (χ2n) is 4.80. The predicted molar refractivity (Wildman–Crippen MR) is 73.4 cm³/mol. The Balaban J connectivity index is 2.20. The van der Waals surface area contributed by atoms with Crippen LogP contribution in [0.1, 0.15) is 26.2 Å². The van der Waals surface area contributed by atoms with E-state index in [0.29, 0.717) is 6.54 Å². The molecular formula is C12H18FN3O2S. The van der Waals surface area contributed by atoms with Gasteiger partial charge in [0, 0.05) is 18.3 Å². The number of halogens is 1. The van der Waals surface area contributed by atoms with Crippen LogP contribution in [0.15, 0.2) is 18.2 Å². The summed E-state index contributed by atoms with van der Waals surface area (Å²) in [6.45, 7) is 2.32. The van der Waals surface area contributed by atoms with Gasteiger partial charge in [0.2, 0.25) is 0 Å². The molecule has 0 aromatic heterocycles. The lowest BCUT2D eigenvalue weighted by Gasteiger charge is -2.32. The van der Waals surface area contributed by atoms with Crippen molar-refractivity contribution in [2.75, 3.05) is 17.0 Å². The van der Waals surface area contributed by atoms with Crippen LogP contribution in [0, 0.1) is 5.82 Å². The molecule has 1 aliphatic rings. The maximum absolute atomic E-state index is 13.6. The lowest BCUT2D eigenvalue weighted by Crippen LogP contribution is -2.44. The Labute approximate surface area is 112 Å². The minimum Gasteiger partial charge on any atom is -0.399 e. The van der Waals surface area contributed by atoms with E-state index in [2.05, 4.69) is 4.72 Å². The molecule has 0 aliphatic carbocycles. The molecule has 1 fully saturated rings. The van der Waals surface area contributed by atoms with Crippen LogP contribution in [0.25, 0.3) is 0 Å². The highest BCUT2D eigenvalue weighted by atomic mass is 32.2. The second kappa shape index (κ2) is 5.34. The van der Waals surface area contributed by atoms with E-state index in [9.17, 15) is 12.8 Å². The highest BCUT2D eigenvalue weighted by molar-refractivity contribution is 7.90. The van der Waals surface area contributed by atoms with Crippen molar-refractivity contribution in [3.05, 3.63) is 24.0 Å². The van der Waals surface area contributed by atoms with E-state index in [-0.39, 0.29) is 17.4 Å². The minimum atomic E-state index is -3.72. The van der Waals surface area contributed by atoms with Crippen molar-refractivity contribution in [2.24, 2.45) is 0 Å². The molecule has 3 N–H and O–H groups in total. The molecule has 0 spiro atoms. The number of rotatable bonds is 3. The molecule has 7 heteroatoms. The van der Waals surface area contributed by atoms with Gasteiger partial charge in [-0.05, 0) is 38.0 Å². The Morgan fingerprint density at radius 1 is 1.42 bits per heavy atom. The third-order valence-corrected chi connectivity index (χ3v) is 4.92. The monoisotopic (exact) mass is 287 g/mol. The highest BCUT2D eigenvalue weighted by Crippen LogP contribution is 2.23. The molecule has 19 heavy (non-hydrogen) atoms. The summed E-state index contributed by atoms with van der Waals surface area (Å²) in [6, 6.07) is 3.82. The molecule has 1 atom stereocenters. The number of hydrogen-bond acceptors (Lipinski definition) is 3. The van der Waals surface area contributed by atoms with E-state index in [4.69, 9.17) is 5.73 Å². The SMILES string of the molecule is CC1CCCCN1S(=O)(=O)Nc1ccc(N)cc1F. The number of piperidine rings is 1. The van der Waals surface area contributed by atoms with Crippen LogP contribution in [-0.4, -0.2) is 25.3 Å². The van der Waals surface area contributed by atoms with Crippen molar-refractivity contribution in [1.82, 2.24) is 4.31 Å². The Kier molecular flexibility index (Phi) is 3.96. The molecule has 1 aromatic carbocycles. The first-order chi connectivity index (χ1) is 8.90. The Morgan fingerprint density at radius 3 is 2.79 bits per heavy atom. The maximum Gasteiger partial charge on any atom is 0.301 e. The van der Waals surface area contributed by atoms with Crippen LogP contribution in [0.3, 0.4) is 0 Å². The zero-order chi connectivity index (χ0) is 14.0. The number of hydrogen-bond donors (Lipinski definition) is 2. The summed E-state index contributed by atoms with van der Waals surface area (Å²) < 4.78 is 41.7. The molecule has 1 aliphatic heterocycles. The summed E-state index contributed by atoms with van der Waals surface area (Å²) in [4.78, 5) is 0. The standard InChI is InChI=1S/C12H18FN3O2S/c1-9-4-2-3-7-16(9)19(17,18)15-12-6-5-10(14)8-11(12)13/h5-6,8-9,15H,2-4,7,14H2,1H3. The lowest BCUT2D eigenvalue weighted by molar-refractivity contribution is 0.270. The van der Waals surface area contributed by atoms with E-state index < -0.39 is 16.0 Å². The number of benzene rings is 1. The molecule has 0 saturated carbocycles. The topological polar surface area (TPSA) is 75.4 Å². The molecule has 0 bridgehead atoms. The number of nitrogen functional groups attached to an aromatic ring is 1. The average Bonchev–Trinajstić information content (AvgIpc) is 2.33. The van der Waals surface area contributed by atoms with Gasteiger partial charge < -0.3 is 5.73 Å². The third-order valence-electron chi connectivity index (χ3n) is 3.28. The Morgan fingerprint density at radius 2 is 2.16 bits per heavy atom. The number of nitrogens with zero attached hydrogens (tertiary/aromatic N) is 1. The van der Waals surface area contributed by atoms with Gasteiger partial charge >= 0.3 is 10.2 Å². The smallest absolute Gasteiger partial charge is 0.301 e. The summed E-state index contributed by atoms with van der Waals surface area (Å²) in [5.41, 5.74) is 5.61. The molecule has 106 valence electrons. The maximum atomic E-state index is 13.6. The first-order valence-corrected chi connectivity index (χ1v) is 7.69. The van der Waals surface area contributed by atoms with Crippen molar-refractivity contribution in [3.63, 3.8) is 0 Å². The van der Waals surface area contributed by atoms with E-state index >= 15 is 0 Å². The molecule has 5 nitrogen and oxygen atoms in total. The van der Waals surface area contributed by atoms with Gasteiger partial charge in [-0.25, -0.2) is 4.39 Å². The highest BCUT2D eigenvalue weighted by Gasteiger charge is 2.29. The fourth-order valence-electron chi connectivity index (χ4n) is 2.24. The second-order valence-corrected chi connectivity index (χ2v) is 6.43. The fraction of sp³-hybridized carbons (Fsp3) is 0.500. The van der Waals surface area contributed by atoms with Gasteiger partial charge in [0.15, 0.2) is 0 Å². The van der Waals surface area contributed by atoms with Crippen LogP contribution in [0.4, 0.5) is 15.8 Å². The van der Waals surface area contributed by atoms with E-state index in [1.165, 1.54) is 16.4 Å². The van der Waals surface area contributed by atoms with Crippen molar-refractivity contribution in [1.29, 1.82) is 0 Å². The fourth-order valence-corrected chi connectivity index (χ4v) is 3.75. The Hall–Kier alpha value is -1.34. The molecule has 1 aromatic rings. The first-order valence-electron chi connectivity index (χ1n) is 6.25. The summed E-state index contributed by atoms with van der Waals surface area (Å²) in [6.07, 6.45) is 2.67. The van der Waals surface area contributed by atoms with Crippen LogP contribution < -0.4 is 10.5 Å². The molecule has 0 amide bonds. The molecule has 2 rings (SSSR count). The van der Waals surface area contributed by atoms with Gasteiger partial charge in [-0.15, -0.1) is 0 Å². The van der Waals surface area contributed by atoms with Crippen molar-refractivity contribution in [2.45, 2.75) is 32.2 Å². The molecule has 0 radical (unpaired) electrons. The van der Waals surface area contributed by atoms with E-state index in [0.717, 1.165) is 25.3 Å². The zero-order valence-electron chi connectivity index (χ0n) is 10.8. The summed E-state index contributed by atoms with van der Waals surface area (Å²) in [5.74, 6) is -0.673. The van der Waals surface area contributed by atoms with Gasteiger partial charge in [-0.3, -0.25) is 4.72 Å². The van der Waals surface area contributed by atoms with E-state index in [1.807, 2.05) is 6.92 Å². The molecule has 1 heterocycles. The molecule has 1 unspecified atom stereocenters. The summed E-state index contributed by atoms with van der Waals surface area (Å²) in [7, 11) is -3.72. The third kappa shape index (κ3) is 3.16. The van der Waals surface area contributed by atoms with Crippen LogP contribution in [-0.2, 0) is 10.2 Å². The first kappa shape index (κ1) is 14.1. The van der Waals surface area contributed by atoms with Gasteiger partial charge in [-0.1, -0.05) is 6.42 Å². The van der Waals surface area contributed by atoms with E-state index in [1.54, 1.807) is 0 Å². The lowest BCUT2D eigenvalue weighted by atomic mass is 10.1. The largest absolute Gasteiger partial charge is 0.399 e. The average molecular weight is 287 g/mol. The minimum absolute atomic E-state index is 0.0666. The molecule has 1 saturated heterocycles. The van der Waals surface area contributed by atoms with Crippen LogP contribution in [0.2, 0.25) is 0 Å². The Bertz CT molecular complexity index is 562. The molecular weight excluding hydrogens is 269 g/mol. The quantitative estimate of drug-likeness (QED) is 0.834. The van der Waals surface area contributed by atoms with Gasteiger partial charge in [0.1, 0.15) is 5.82 Å². The van der Waals surface area contributed by atoms with Crippen LogP contribution >= 0.6 is 0 Å². The number of anilines is 2. The van der Waals surface area contributed by atoms with Crippen molar-refractivity contribution < 1.29 is 12.8 Å². The normalized spacial score (nSPS) is 21.3. The van der Waals surface area contributed by atoms with Gasteiger partial charge in [0.25, 0.3) is 0 Å². The zero-order valence-corrected chi connectivity index (χ0v) is 11.6. The van der Waals surface area contributed by atoms with Gasteiger partial charge in [-0.2, -0.15) is 12.7 Å². The predicted octanol–water partition coefficient (Wildman–Crippen LogP) is 1.94. The number of nitrogens with two attached hydrogens (primary N) is 1.